The average molecular weight is 561 g/mol. The highest BCUT2D eigenvalue weighted by Crippen LogP contribution is 2.76. The number of carboxylic acid groups (broad SMARTS) is 1. The van der Waals surface area contributed by atoms with Gasteiger partial charge in [-0.15, -0.1) is 0 Å². The molecule has 8 nitrogen and oxygen atoms in total. The van der Waals surface area contributed by atoms with Crippen molar-refractivity contribution in [3.63, 3.8) is 0 Å². The van der Waals surface area contributed by atoms with Crippen LogP contribution in [0.2, 0.25) is 0 Å². The van der Waals surface area contributed by atoms with Gasteiger partial charge in [-0.25, -0.2) is 0 Å². The van der Waals surface area contributed by atoms with Crippen LogP contribution in [0.5, 0.6) is 0 Å². The van der Waals surface area contributed by atoms with Crippen LogP contribution in [0.3, 0.4) is 0 Å². The van der Waals surface area contributed by atoms with Crippen LogP contribution in [0.15, 0.2) is 11.6 Å². The number of allylic oxidation sites excluding steroid dienone is 2. The van der Waals surface area contributed by atoms with Crippen molar-refractivity contribution in [1.29, 1.82) is 0 Å². The molecule has 5 rings (SSSR count). The standard InChI is InChI=1S/C32H48O8/c1-27(24(35)36)12-14-32(26(38)40-7)15-13-29(3)18(19(32)16-27)8-9-21-28(2)17-20(33)23(34)31(5,25(37)39-6)22(28)10-11-30(21,29)4/h8,19-23,33-34H,9-17H2,1-7H3,(H,35,36)/t19-,20-,21+,22-,23-,27-,28+,29+,30+,31-,32-/m0/s1. The molecule has 40 heavy (non-hydrogen) atoms. The van der Waals surface area contributed by atoms with Crippen molar-refractivity contribution in [1.82, 2.24) is 0 Å². The molecule has 0 amide bonds. The van der Waals surface area contributed by atoms with Gasteiger partial charge < -0.3 is 24.8 Å². The highest BCUT2D eigenvalue weighted by molar-refractivity contribution is 5.81. The second-order valence-electron chi connectivity index (χ2n) is 15.1. The van der Waals surface area contributed by atoms with Crippen molar-refractivity contribution < 1.29 is 39.2 Å². The number of hydrogen-bond donors (Lipinski definition) is 3. The van der Waals surface area contributed by atoms with E-state index in [1.54, 1.807) is 6.92 Å². The SMILES string of the molecule is COC(=O)[C@]12CC[C@](C)(C(=O)O)C[C@H]1C1=CC[C@@H]3[C@@]4(C)C[C@H](O)[C@H](O)[C@@](C)(C(=O)OC)[C@H]4CC[C@@]3(C)[C@]1(C)CC2. The van der Waals surface area contributed by atoms with Gasteiger partial charge in [0.25, 0.3) is 0 Å². The molecule has 0 aliphatic heterocycles. The Morgan fingerprint density at radius 1 is 0.850 bits per heavy atom. The lowest BCUT2D eigenvalue weighted by atomic mass is 9.33. The van der Waals surface area contributed by atoms with Crippen LogP contribution in [0.25, 0.3) is 0 Å². The van der Waals surface area contributed by atoms with Crippen LogP contribution >= 0.6 is 0 Å². The number of aliphatic carboxylic acids is 1. The van der Waals surface area contributed by atoms with Crippen LogP contribution in [-0.2, 0) is 23.9 Å². The van der Waals surface area contributed by atoms with Crippen LogP contribution < -0.4 is 0 Å². The molecule has 3 N–H and O–H groups in total. The monoisotopic (exact) mass is 560 g/mol. The van der Waals surface area contributed by atoms with Gasteiger partial charge in [-0.05, 0) is 106 Å². The summed E-state index contributed by atoms with van der Waals surface area (Å²) in [6, 6.07) is 0. The van der Waals surface area contributed by atoms with Crippen LogP contribution in [0.4, 0.5) is 0 Å². The van der Waals surface area contributed by atoms with E-state index < -0.39 is 45.8 Å². The molecule has 0 aromatic rings. The first-order chi connectivity index (χ1) is 18.5. The lowest BCUT2D eigenvalue weighted by molar-refractivity contribution is -0.241. The van der Waals surface area contributed by atoms with E-state index in [1.807, 2.05) is 6.92 Å². The zero-order valence-electron chi connectivity index (χ0n) is 25.2. The Labute approximate surface area is 237 Å². The van der Waals surface area contributed by atoms with Gasteiger partial charge in [0.05, 0.1) is 42.7 Å². The van der Waals surface area contributed by atoms with Crippen molar-refractivity contribution in [2.45, 2.75) is 105 Å². The van der Waals surface area contributed by atoms with E-state index in [-0.39, 0.29) is 34.6 Å². The minimum absolute atomic E-state index is 0.124. The first-order valence-electron chi connectivity index (χ1n) is 15.0. The second-order valence-corrected chi connectivity index (χ2v) is 15.1. The molecule has 5 aliphatic rings. The fraction of sp³-hybridized carbons (Fsp3) is 0.844. The maximum atomic E-state index is 13.4. The molecular formula is C32H48O8. The third-order valence-corrected chi connectivity index (χ3v) is 13.8. The molecule has 8 heteroatoms. The summed E-state index contributed by atoms with van der Waals surface area (Å²) >= 11 is 0. The number of aliphatic hydroxyl groups is 2. The van der Waals surface area contributed by atoms with Crippen molar-refractivity contribution >= 4 is 17.9 Å². The topological polar surface area (TPSA) is 130 Å². The first kappa shape index (κ1) is 29.6. The van der Waals surface area contributed by atoms with E-state index in [1.165, 1.54) is 19.8 Å². The van der Waals surface area contributed by atoms with Gasteiger partial charge in [0, 0.05) is 0 Å². The van der Waals surface area contributed by atoms with Gasteiger partial charge in [-0.2, -0.15) is 0 Å². The smallest absolute Gasteiger partial charge is 0.314 e. The summed E-state index contributed by atoms with van der Waals surface area (Å²) in [5, 5.41) is 32.4. The quantitative estimate of drug-likeness (QED) is 0.340. The normalized spacial score (nSPS) is 51.6. The average Bonchev–Trinajstić information content (AvgIpc) is 2.91. The summed E-state index contributed by atoms with van der Waals surface area (Å²) in [5.41, 5.74) is -2.57. The van der Waals surface area contributed by atoms with E-state index >= 15 is 0 Å². The minimum atomic E-state index is -1.22. The maximum Gasteiger partial charge on any atom is 0.314 e. The molecular weight excluding hydrogens is 512 g/mol. The Bertz CT molecular complexity index is 1150. The van der Waals surface area contributed by atoms with E-state index in [9.17, 15) is 29.7 Å². The van der Waals surface area contributed by atoms with E-state index in [0.717, 1.165) is 12.8 Å². The molecule has 0 aromatic heterocycles. The number of methoxy groups -OCH3 is 2. The van der Waals surface area contributed by atoms with E-state index in [4.69, 9.17) is 9.47 Å². The summed E-state index contributed by atoms with van der Waals surface area (Å²) in [6.07, 6.45) is 5.50. The molecule has 0 radical (unpaired) electrons. The molecule has 4 fully saturated rings. The number of carboxylic acids is 1. The van der Waals surface area contributed by atoms with Gasteiger partial charge >= 0.3 is 17.9 Å². The number of esters is 2. The zero-order chi connectivity index (χ0) is 29.7. The Morgan fingerprint density at radius 3 is 2.08 bits per heavy atom. The van der Waals surface area contributed by atoms with Crippen molar-refractivity contribution in [3.05, 3.63) is 11.6 Å². The van der Waals surface area contributed by atoms with Crippen molar-refractivity contribution in [3.8, 4) is 0 Å². The summed E-state index contributed by atoms with van der Waals surface area (Å²) in [4.78, 5) is 39.0. The number of hydrogen-bond acceptors (Lipinski definition) is 7. The van der Waals surface area contributed by atoms with E-state index in [2.05, 4.69) is 26.8 Å². The Balaban J connectivity index is 1.62. The summed E-state index contributed by atoms with van der Waals surface area (Å²) < 4.78 is 10.6. The van der Waals surface area contributed by atoms with Crippen LogP contribution in [-0.4, -0.2) is 59.7 Å². The third-order valence-electron chi connectivity index (χ3n) is 13.8. The Hall–Kier alpha value is -1.93. The number of fused-ring (bicyclic) bond motifs is 7. The fourth-order valence-electron chi connectivity index (χ4n) is 11.1. The molecule has 4 saturated carbocycles. The van der Waals surface area contributed by atoms with Crippen molar-refractivity contribution in [2.24, 2.45) is 50.2 Å². The number of aliphatic hydroxyl groups excluding tert-OH is 2. The van der Waals surface area contributed by atoms with Gasteiger partial charge in [0.15, 0.2) is 0 Å². The number of carbonyl (C=O) groups is 3. The largest absolute Gasteiger partial charge is 0.481 e. The summed E-state index contributed by atoms with van der Waals surface area (Å²) in [7, 11) is 2.77. The Morgan fingerprint density at radius 2 is 1.48 bits per heavy atom. The van der Waals surface area contributed by atoms with Gasteiger partial charge in [-0.1, -0.05) is 32.4 Å². The van der Waals surface area contributed by atoms with Crippen molar-refractivity contribution in [2.75, 3.05) is 14.2 Å². The third kappa shape index (κ3) is 3.41. The van der Waals surface area contributed by atoms with Gasteiger partial charge in [0.2, 0.25) is 0 Å². The van der Waals surface area contributed by atoms with E-state index in [0.29, 0.717) is 44.9 Å². The molecule has 0 heterocycles. The Kier molecular flexibility index (Phi) is 6.68. The first-order valence-corrected chi connectivity index (χ1v) is 15.0. The highest BCUT2D eigenvalue weighted by Gasteiger charge is 2.72. The molecule has 0 saturated heterocycles. The fourth-order valence-corrected chi connectivity index (χ4v) is 11.1. The van der Waals surface area contributed by atoms with Gasteiger partial charge in [0.1, 0.15) is 0 Å². The lowest BCUT2D eigenvalue weighted by Gasteiger charge is -2.71. The van der Waals surface area contributed by atoms with Crippen LogP contribution in [0.1, 0.15) is 92.4 Å². The summed E-state index contributed by atoms with van der Waals surface area (Å²) in [6.45, 7) is 10.4. The predicted octanol–water partition coefficient (Wildman–Crippen LogP) is 4.51. The zero-order valence-corrected chi connectivity index (χ0v) is 25.2. The summed E-state index contributed by atoms with van der Waals surface area (Å²) in [5.74, 6) is -1.77. The molecule has 0 bridgehead atoms. The molecule has 224 valence electrons. The number of rotatable bonds is 3. The molecule has 0 spiro atoms. The maximum absolute atomic E-state index is 13.4. The second kappa shape index (κ2) is 9.03. The molecule has 11 atom stereocenters. The highest BCUT2D eigenvalue weighted by atomic mass is 16.5. The molecule has 5 aliphatic carbocycles. The van der Waals surface area contributed by atoms with Gasteiger partial charge in [-0.3, -0.25) is 14.4 Å². The number of ether oxygens (including phenoxy) is 2. The molecule has 0 unspecified atom stereocenters. The minimum Gasteiger partial charge on any atom is -0.481 e. The number of carbonyl (C=O) groups excluding carboxylic acids is 2. The molecule has 0 aromatic carbocycles. The predicted molar refractivity (Wildman–Crippen MR) is 147 cm³/mol. The lowest BCUT2D eigenvalue weighted by Crippen LogP contribution is -2.69. The van der Waals surface area contributed by atoms with Crippen LogP contribution in [0, 0.1) is 50.2 Å².